The van der Waals surface area contributed by atoms with Crippen LogP contribution in [0.4, 0.5) is 0 Å². The third-order valence-electron chi connectivity index (χ3n) is 5.05. The number of ether oxygens (including phenoxy) is 1. The molecule has 3 aromatic rings. The number of nitrogens with zero attached hydrogens (tertiary/aromatic N) is 2. The number of para-hydroxylation sites is 1. The SMILES string of the molecule is Cc1cc2cccnc2c(C(C)(C)NCc2cccc3c2OCCNC3)n1. The Kier molecular flexibility index (Phi) is 4.81. The van der Waals surface area contributed by atoms with E-state index in [-0.39, 0.29) is 5.54 Å². The van der Waals surface area contributed by atoms with E-state index in [1.165, 1.54) is 11.1 Å². The van der Waals surface area contributed by atoms with Crippen molar-refractivity contribution in [1.82, 2.24) is 20.6 Å². The molecule has 3 heterocycles. The maximum absolute atomic E-state index is 6.01. The summed E-state index contributed by atoms with van der Waals surface area (Å²) in [6.45, 7) is 9.48. The van der Waals surface area contributed by atoms with Gasteiger partial charge in [0, 0.05) is 48.0 Å². The molecule has 0 amide bonds. The summed E-state index contributed by atoms with van der Waals surface area (Å²) in [6.07, 6.45) is 1.83. The second-order valence-corrected chi connectivity index (χ2v) is 7.60. The van der Waals surface area contributed by atoms with Crippen molar-refractivity contribution in [1.29, 1.82) is 0 Å². The molecular formula is C22H26N4O. The zero-order chi connectivity index (χ0) is 18.9. The van der Waals surface area contributed by atoms with E-state index >= 15 is 0 Å². The summed E-state index contributed by atoms with van der Waals surface area (Å²) in [6, 6.07) is 12.5. The molecule has 0 saturated heterocycles. The molecule has 1 aromatic carbocycles. The molecule has 0 radical (unpaired) electrons. The smallest absolute Gasteiger partial charge is 0.128 e. The quantitative estimate of drug-likeness (QED) is 0.744. The Bertz CT molecular complexity index is 968. The lowest BCUT2D eigenvalue weighted by Gasteiger charge is -2.28. The lowest BCUT2D eigenvalue weighted by atomic mass is 9.96. The molecule has 1 aliphatic rings. The minimum Gasteiger partial charge on any atom is -0.492 e. The van der Waals surface area contributed by atoms with Crippen LogP contribution in [0, 0.1) is 6.92 Å². The van der Waals surface area contributed by atoms with Crippen molar-refractivity contribution in [3.05, 3.63) is 65.1 Å². The molecule has 5 nitrogen and oxygen atoms in total. The van der Waals surface area contributed by atoms with Gasteiger partial charge in [0.15, 0.2) is 0 Å². The molecule has 0 saturated carbocycles. The molecule has 0 fully saturated rings. The highest BCUT2D eigenvalue weighted by molar-refractivity contribution is 5.81. The van der Waals surface area contributed by atoms with Gasteiger partial charge in [-0.25, -0.2) is 0 Å². The number of benzene rings is 1. The Labute approximate surface area is 160 Å². The lowest BCUT2D eigenvalue weighted by molar-refractivity contribution is 0.318. The van der Waals surface area contributed by atoms with Gasteiger partial charge in [-0.2, -0.15) is 0 Å². The predicted octanol–water partition coefficient (Wildman–Crippen LogP) is 3.45. The van der Waals surface area contributed by atoms with Crippen LogP contribution in [0.3, 0.4) is 0 Å². The molecule has 1 aliphatic heterocycles. The summed E-state index contributed by atoms with van der Waals surface area (Å²) in [5, 5.41) is 8.19. The first kappa shape index (κ1) is 17.9. The number of hydrogen-bond donors (Lipinski definition) is 2. The van der Waals surface area contributed by atoms with E-state index in [4.69, 9.17) is 9.72 Å². The Balaban J connectivity index is 1.64. The van der Waals surface area contributed by atoms with Gasteiger partial charge < -0.3 is 15.4 Å². The van der Waals surface area contributed by atoms with Gasteiger partial charge in [-0.1, -0.05) is 24.3 Å². The second kappa shape index (κ2) is 7.25. The topological polar surface area (TPSA) is 59.1 Å². The number of hydrogen-bond acceptors (Lipinski definition) is 5. The number of aromatic nitrogens is 2. The van der Waals surface area contributed by atoms with Gasteiger partial charge in [0.1, 0.15) is 12.4 Å². The standard InChI is InChI=1S/C22H26N4O/c1-15-12-16-8-5-9-24-19(16)21(26-15)22(2,3)25-14-18-7-4-6-17-13-23-10-11-27-20(17)18/h4-9,12,23,25H,10-11,13-14H2,1-3H3. The van der Waals surface area contributed by atoms with Gasteiger partial charge in [-0.05, 0) is 32.9 Å². The maximum Gasteiger partial charge on any atom is 0.128 e. The summed E-state index contributed by atoms with van der Waals surface area (Å²) in [7, 11) is 0. The molecule has 2 N–H and O–H groups in total. The van der Waals surface area contributed by atoms with Gasteiger partial charge in [0.2, 0.25) is 0 Å². The number of fused-ring (bicyclic) bond motifs is 2. The predicted molar refractivity (Wildman–Crippen MR) is 108 cm³/mol. The molecule has 2 aromatic heterocycles. The van der Waals surface area contributed by atoms with Crippen LogP contribution in [0.5, 0.6) is 5.75 Å². The van der Waals surface area contributed by atoms with Crippen LogP contribution in [-0.4, -0.2) is 23.1 Å². The highest BCUT2D eigenvalue weighted by Gasteiger charge is 2.26. The summed E-state index contributed by atoms with van der Waals surface area (Å²) < 4.78 is 6.01. The number of pyridine rings is 2. The summed E-state index contributed by atoms with van der Waals surface area (Å²) in [5.74, 6) is 1.01. The average molecular weight is 362 g/mol. The van der Waals surface area contributed by atoms with Crippen LogP contribution in [0.2, 0.25) is 0 Å². The molecule has 140 valence electrons. The third kappa shape index (κ3) is 3.66. The maximum atomic E-state index is 6.01. The van der Waals surface area contributed by atoms with E-state index in [0.29, 0.717) is 13.2 Å². The fraction of sp³-hybridized carbons (Fsp3) is 0.364. The Morgan fingerprint density at radius 2 is 2.11 bits per heavy atom. The fourth-order valence-electron chi connectivity index (χ4n) is 3.60. The normalized spacial score (nSPS) is 14.5. The molecule has 0 bridgehead atoms. The van der Waals surface area contributed by atoms with Gasteiger partial charge in [0.25, 0.3) is 0 Å². The monoisotopic (exact) mass is 362 g/mol. The third-order valence-corrected chi connectivity index (χ3v) is 5.05. The summed E-state index contributed by atoms with van der Waals surface area (Å²) >= 11 is 0. The molecule has 27 heavy (non-hydrogen) atoms. The van der Waals surface area contributed by atoms with Crippen molar-refractivity contribution in [2.75, 3.05) is 13.2 Å². The number of aryl methyl sites for hydroxylation is 1. The van der Waals surface area contributed by atoms with Crippen LogP contribution in [0.25, 0.3) is 10.9 Å². The zero-order valence-corrected chi connectivity index (χ0v) is 16.2. The van der Waals surface area contributed by atoms with Crippen LogP contribution in [0.15, 0.2) is 42.6 Å². The molecule has 0 spiro atoms. The number of rotatable bonds is 4. The van der Waals surface area contributed by atoms with E-state index in [9.17, 15) is 0 Å². The minimum absolute atomic E-state index is 0.329. The van der Waals surface area contributed by atoms with E-state index in [1.54, 1.807) is 0 Å². The Hall–Kier alpha value is -2.50. The van der Waals surface area contributed by atoms with Gasteiger partial charge >= 0.3 is 0 Å². The largest absolute Gasteiger partial charge is 0.492 e. The first-order valence-electron chi connectivity index (χ1n) is 9.47. The molecular weight excluding hydrogens is 336 g/mol. The molecule has 0 atom stereocenters. The van der Waals surface area contributed by atoms with Crippen molar-refractivity contribution < 1.29 is 4.74 Å². The first-order valence-corrected chi connectivity index (χ1v) is 9.47. The van der Waals surface area contributed by atoms with E-state index in [2.05, 4.69) is 59.8 Å². The summed E-state index contributed by atoms with van der Waals surface area (Å²) in [4.78, 5) is 9.41. The van der Waals surface area contributed by atoms with Gasteiger partial charge in [-0.15, -0.1) is 0 Å². The Morgan fingerprint density at radius 1 is 1.22 bits per heavy atom. The van der Waals surface area contributed by atoms with Gasteiger partial charge in [0.05, 0.1) is 16.7 Å². The zero-order valence-electron chi connectivity index (χ0n) is 16.2. The van der Waals surface area contributed by atoms with E-state index in [1.807, 2.05) is 19.2 Å². The second-order valence-electron chi connectivity index (χ2n) is 7.60. The van der Waals surface area contributed by atoms with Crippen molar-refractivity contribution in [2.24, 2.45) is 0 Å². The van der Waals surface area contributed by atoms with Crippen molar-refractivity contribution in [3.63, 3.8) is 0 Å². The van der Waals surface area contributed by atoms with Crippen LogP contribution < -0.4 is 15.4 Å². The van der Waals surface area contributed by atoms with Crippen LogP contribution in [-0.2, 0) is 18.6 Å². The number of nitrogens with one attached hydrogen (secondary N) is 2. The first-order chi connectivity index (χ1) is 13.0. The highest BCUT2D eigenvalue weighted by atomic mass is 16.5. The van der Waals surface area contributed by atoms with E-state index < -0.39 is 0 Å². The average Bonchev–Trinajstić information content (AvgIpc) is 2.91. The van der Waals surface area contributed by atoms with E-state index in [0.717, 1.165) is 41.1 Å². The Morgan fingerprint density at radius 3 is 3.00 bits per heavy atom. The summed E-state index contributed by atoms with van der Waals surface area (Å²) in [5.41, 5.74) is 4.99. The molecule has 0 aliphatic carbocycles. The van der Waals surface area contributed by atoms with Crippen molar-refractivity contribution in [2.45, 2.75) is 39.4 Å². The van der Waals surface area contributed by atoms with Crippen LogP contribution >= 0.6 is 0 Å². The van der Waals surface area contributed by atoms with Crippen LogP contribution in [0.1, 0.15) is 36.4 Å². The van der Waals surface area contributed by atoms with Crippen molar-refractivity contribution >= 4 is 10.9 Å². The lowest BCUT2D eigenvalue weighted by Crippen LogP contribution is -2.37. The van der Waals surface area contributed by atoms with Gasteiger partial charge in [-0.3, -0.25) is 9.97 Å². The fourth-order valence-corrected chi connectivity index (χ4v) is 3.60. The molecule has 0 unspecified atom stereocenters. The molecule has 4 rings (SSSR count). The highest BCUT2D eigenvalue weighted by Crippen LogP contribution is 2.29. The van der Waals surface area contributed by atoms with Crippen molar-refractivity contribution in [3.8, 4) is 5.75 Å². The minimum atomic E-state index is -0.329. The molecule has 5 heteroatoms.